The first kappa shape index (κ1) is 20.2. The third kappa shape index (κ3) is 4.14. The SMILES string of the molecule is CN1CCN(c2ccc3c(C=Nc4ccccc4O)c(O)ccc3c2)CC1.[Cu]. The summed E-state index contributed by atoms with van der Waals surface area (Å²) >= 11 is 0. The maximum atomic E-state index is 10.3. The van der Waals surface area contributed by atoms with E-state index < -0.39 is 0 Å². The first-order valence-corrected chi connectivity index (χ1v) is 9.13. The zero-order chi connectivity index (χ0) is 18.8. The van der Waals surface area contributed by atoms with Crippen molar-refractivity contribution in [1.82, 2.24) is 4.90 Å². The van der Waals surface area contributed by atoms with Crippen molar-refractivity contribution < 1.29 is 27.3 Å². The number of hydrogen-bond acceptors (Lipinski definition) is 5. The summed E-state index contributed by atoms with van der Waals surface area (Å²) in [5.74, 6) is 0.292. The third-order valence-corrected chi connectivity index (χ3v) is 5.10. The van der Waals surface area contributed by atoms with Gasteiger partial charge in [-0.2, -0.15) is 0 Å². The maximum absolute atomic E-state index is 10.3. The predicted octanol–water partition coefficient (Wildman–Crippen LogP) is 3.75. The number of hydrogen-bond donors (Lipinski definition) is 2. The van der Waals surface area contributed by atoms with Crippen molar-refractivity contribution >= 4 is 28.4 Å². The van der Waals surface area contributed by atoms with Crippen LogP contribution < -0.4 is 4.90 Å². The molecule has 1 saturated heterocycles. The van der Waals surface area contributed by atoms with Crippen LogP contribution in [0.4, 0.5) is 11.4 Å². The van der Waals surface area contributed by atoms with Crippen LogP contribution in [0.3, 0.4) is 0 Å². The van der Waals surface area contributed by atoms with Crippen LogP contribution in [-0.2, 0) is 17.1 Å². The van der Waals surface area contributed by atoms with Gasteiger partial charge in [-0.25, -0.2) is 0 Å². The van der Waals surface area contributed by atoms with Crippen LogP contribution >= 0.6 is 0 Å². The molecule has 0 atom stereocenters. The molecule has 0 bridgehead atoms. The largest absolute Gasteiger partial charge is 0.507 e. The Labute approximate surface area is 175 Å². The third-order valence-electron chi connectivity index (χ3n) is 5.10. The van der Waals surface area contributed by atoms with Crippen LogP contribution in [0, 0.1) is 0 Å². The van der Waals surface area contributed by atoms with Crippen molar-refractivity contribution in [2.75, 3.05) is 38.1 Å². The number of fused-ring (bicyclic) bond motifs is 1. The molecule has 28 heavy (non-hydrogen) atoms. The van der Waals surface area contributed by atoms with Gasteiger partial charge in [-0.05, 0) is 48.2 Å². The summed E-state index contributed by atoms with van der Waals surface area (Å²) in [6, 6.07) is 16.8. The fourth-order valence-electron chi connectivity index (χ4n) is 3.43. The minimum atomic E-state index is 0. The fraction of sp³-hybridized carbons (Fsp3) is 0.227. The molecule has 149 valence electrons. The molecule has 1 aliphatic rings. The maximum Gasteiger partial charge on any atom is 0.141 e. The van der Waals surface area contributed by atoms with Crippen LogP contribution in [-0.4, -0.2) is 54.6 Å². The van der Waals surface area contributed by atoms with Gasteiger partial charge >= 0.3 is 0 Å². The van der Waals surface area contributed by atoms with Crippen molar-refractivity contribution in [3.05, 3.63) is 60.2 Å². The average molecular weight is 425 g/mol. The second-order valence-electron chi connectivity index (χ2n) is 6.94. The molecule has 1 radical (unpaired) electrons. The van der Waals surface area contributed by atoms with Gasteiger partial charge in [0.25, 0.3) is 0 Å². The fourth-order valence-corrected chi connectivity index (χ4v) is 3.43. The summed E-state index contributed by atoms with van der Waals surface area (Å²) in [6.45, 7) is 4.15. The second-order valence-corrected chi connectivity index (χ2v) is 6.94. The van der Waals surface area contributed by atoms with E-state index in [0.717, 1.165) is 37.0 Å². The molecule has 0 aromatic heterocycles. The standard InChI is InChI=1S/C22H23N3O2.Cu/c1-24-10-12-25(13-11-24)17-7-8-18-16(14-17)6-9-21(26)19(18)15-23-20-4-2-3-5-22(20)27;/h2-9,14-15,26-27H,10-13H2,1H3;. The predicted molar refractivity (Wildman–Crippen MR) is 111 cm³/mol. The quantitative estimate of drug-likeness (QED) is 0.496. The Bertz CT molecular complexity index is 998. The molecule has 1 aliphatic heterocycles. The van der Waals surface area contributed by atoms with Gasteiger partial charge < -0.3 is 20.0 Å². The molecule has 0 aliphatic carbocycles. The van der Waals surface area contributed by atoms with Crippen LogP contribution in [0.25, 0.3) is 10.8 Å². The monoisotopic (exact) mass is 424 g/mol. The number of nitrogens with zero attached hydrogens (tertiary/aromatic N) is 3. The Morgan fingerprint density at radius 1 is 0.893 bits per heavy atom. The summed E-state index contributed by atoms with van der Waals surface area (Å²) in [6.07, 6.45) is 1.61. The summed E-state index contributed by atoms with van der Waals surface area (Å²) in [5, 5.41) is 22.2. The van der Waals surface area contributed by atoms with E-state index in [9.17, 15) is 10.2 Å². The number of benzene rings is 3. The molecule has 0 saturated carbocycles. The van der Waals surface area contributed by atoms with Gasteiger partial charge in [-0.1, -0.05) is 24.3 Å². The van der Waals surface area contributed by atoms with Crippen LogP contribution in [0.5, 0.6) is 11.5 Å². The molecule has 0 spiro atoms. The number of piperazine rings is 1. The van der Waals surface area contributed by atoms with Crippen molar-refractivity contribution in [3.63, 3.8) is 0 Å². The second kappa shape index (κ2) is 8.65. The number of para-hydroxylation sites is 2. The molecule has 1 heterocycles. The number of likely N-dealkylation sites (N-methyl/N-ethyl adjacent to an activating group) is 1. The number of aromatic hydroxyl groups is 2. The molecule has 1 fully saturated rings. The summed E-state index contributed by atoms with van der Waals surface area (Å²) in [4.78, 5) is 9.08. The van der Waals surface area contributed by atoms with Crippen molar-refractivity contribution in [3.8, 4) is 11.5 Å². The van der Waals surface area contributed by atoms with E-state index in [4.69, 9.17) is 0 Å². The Morgan fingerprint density at radius 2 is 1.64 bits per heavy atom. The topological polar surface area (TPSA) is 59.3 Å². The zero-order valence-corrected chi connectivity index (χ0v) is 16.6. The Hall–Kier alpha value is -2.53. The first-order chi connectivity index (χ1) is 13.1. The van der Waals surface area contributed by atoms with E-state index in [1.165, 1.54) is 5.69 Å². The first-order valence-electron chi connectivity index (χ1n) is 9.13. The van der Waals surface area contributed by atoms with E-state index >= 15 is 0 Å². The smallest absolute Gasteiger partial charge is 0.141 e. The summed E-state index contributed by atoms with van der Waals surface area (Å²) in [5.41, 5.74) is 2.33. The van der Waals surface area contributed by atoms with Gasteiger partial charge in [0.15, 0.2) is 0 Å². The average Bonchev–Trinajstić information content (AvgIpc) is 2.69. The Balaban J connectivity index is 0.00000225. The van der Waals surface area contributed by atoms with Crippen LogP contribution in [0.1, 0.15) is 5.56 Å². The van der Waals surface area contributed by atoms with Crippen molar-refractivity contribution in [2.24, 2.45) is 4.99 Å². The molecule has 4 rings (SSSR count). The van der Waals surface area contributed by atoms with Gasteiger partial charge in [0.2, 0.25) is 0 Å². The molecule has 0 amide bonds. The zero-order valence-electron chi connectivity index (χ0n) is 15.6. The Morgan fingerprint density at radius 3 is 2.39 bits per heavy atom. The van der Waals surface area contributed by atoms with Crippen LogP contribution in [0.2, 0.25) is 0 Å². The molecule has 2 N–H and O–H groups in total. The Kier molecular flexibility index (Phi) is 6.24. The van der Waals surface area contributed by atoms with Gasteiger partial charge in [-0.3, -0.25) is 4.99 Å². The summed E-state index contributed by atoms with van der Waals surface area (Å²) < 4.78 is 0. The molecule has 0 unspecified atom stereocenters. The van der Waals surface area contributed by atoms with E-state index in [0.29, 0.717) is 11.3 Å². The molecular weight excluding hydrogens is 402 g/mol. The van der Waals surface area contributed by atoms with E-state index in [1.54, 1.807) is 30.5 Å². The minimum Gasteiger partial charge on any atom is -0.507 e. The number of aliphatic imine (C=N–C) groups is 1. The van der Waals surface area contributed by atoms with Crippen molar-refractivity contribution in [2.45, 2.75) is 0 Å². The van der Waals surface area contributed by atoms with E-state index in [-0.39, 0.29) is 28.6 Å². The normalized spacial score (nSPS) is 15.1. The van der Waals surface area contributed by atoms with Gasteiger partial charge in [0, 0.05) is 60.7 Å². The minimum absolute atomic E-state index is 0. The molecule has 3 aromatic rings. The molecule has 5 nitrogen and oxygen atoms in total. The van der Waals surface area contributed by atoms with Gasteiger partial charge in [0.1, 0.15) is 17.2 Å². The molecule has 6 heteroatoms. The number of phenolic OH excluding ortho intramolecular Hbond substituents is 2. The number of anilines is 1. The van der Waals surface area contributed by atoms with E-state index in [1.807, 2.05) is 18.2 Å². The summed E-state index contributed by atoms with van der Waals surface area (Å²) in [7, 11) is 2.15. The van der Waals surface area contributed by atoms with Gasteiger partial charge in [-0.15, -0.1) is 0 Å². The number of phenols is 2. The van der Waals surface area contributed by atoms with E-state index in [2.05, 4.69) is 34.0 Å². The van der Waals surface area contributed by atoms with Crippen LogP contribution in [0.15, 0.2) is 59.6 Å². The molecular formula is C22H23CuN3O2. The van der Waals surface area contributed by atoms with Crippen molar-refractivity contribution in [1.29, 1.82) is 0 Å². The number of rotatable bonds is 3. The molecule has 3 aromatic carbocycles. The van der Waals surface area contributed by atoms with Gasteiger partial charge in [0.05, 0.1) is 0 Å².